The van der Waals surface area contributed by atoms with Crippen molar-refractivity contribution in [3.63, 3.8) is 0 Å². The third-order valence-electron chi connectivity index (χ3n) is 4.24. The average Bonchev–Trinajstić information content (AvgIpc) is 2.54. The van der Waals surface area contributed by atoms with Gasteiger partial charge in [-0.15, -0.1) is 11.8 Å². The van der Waals surface area contributed by atoms with Crippen LogP contribution in [-0.4, -0.2) is 47.3 Å². The fourth-order valence-electron chi connectivity index (χ4n) is 2.77. The first-order chi connectivity index (χ1) is 10.9. The molecule has 0 spiro atoms. The van der Waals surface area contributed by atoms with Crippen molar-refractivity contribution in [3.8, 4) is 5.75 Å². The first kappa shape index (κ1) is 17.7. The molecule has 1 fully saturated rings. The monoisotopic (exact) mass is 337 g/mol. The van der Waals surface area contributed by atoms with Crippen molar-refractivity contribution in [1.82, 2.24) is 4.90 Å². The van der Waals surface area contributed by atoms with Gasteiger partial charge in [0.1, 0.15) is 5.75 Å². The Labute approximate surface area is 141 Å². The Balaban J connectivity index is 1.99. The largest absolute Gasteiger partial charge is 0.481 e. The van der Waals surface area contributed by atoms with Crippen LogP contribution < -0.4 is 4.74 Å². The molecule has 0 saturated carbocycles. The molecule has 0 radical (unpaired) electrons. The Kier molecular flexibility index (Phi) is 5.57. The van der Waals surface area contributed by atoms with Gasteiger partial charge in [0.05, 0.1) is 5.41 Å². The molecule has 5 nitrogen and oxygen atoms in total. The van der Waals surface area contributed by atoms with E-state index < -0.39 is 17.5 Å². The van der Waals surface area contributed by atoms with E-state index in [9.17, 15) is 14.7 Å². The van der Waals surface area contributed by atoms with Crippen LogP contribution in [0.2, 0.25) is 0 Å². The molecule has 1 heterocycles. The van der Waals surface area contributed by atoms with E-state index in [0.29, 0.717) is 25.1 Å². The second-order valence-corrected chi connectivity index (χ2v) is 7.04. The topological polar surface area (TPSA) is 66.8 Å². The van der Waals surface area contributed by atoms with Gasteiger partial charge in [-0.2, -0.15) is 0 Å². The van der Waals surface area contributed by atoms with Crippen molar-refractivity contribution in [2.75, 3.05) is 19.3 Å². The predicted octanol–water partition coefficient (Wildman–Crippen LogP) is 2.89. The maximum Gasteiger partial charge on any atom is 0.311 e. The number of benzene rings is 1. The molecule has 1 saturated heterocycles. The molecule has 0 bridgehead atoms. The zero-order valence-corrected chi connectivity index (χ0v) is 14.6. The predicted molar refractivity (Wildman–Crippen MR) is 89.9 cm³/mol. The van der Waals surface area contributed by atoms with Gasteiger partial charge in [0, 0.05) is 18.0 Å². The number of aliphatic carboxylic acids is 1. The molecular formula is C17H23NO4S. The number of hydrogen-bond acceptors (Lipinski definition) is 4. The van der Waals surface area contributed by atoms with E-state index >= 15 is 0 Å². The number of carboxylic acid groups (broad SMARTS) is 1. The lowest BCUT2D eigenvalue weighted by Gasteiger charge is -2.38. The molecule has 2 atom stereocenters. The summed E-state index contributed by atoms with van der Waals surface area (Å²) in [7, 11) is 0. The Morgan fingerprint density at radius 2 is 2.00 bits per heavy atom. The van der Waals surface area contributed by atoms with Crippen molar-refractivity contribution in [2.45, 2.75) is 37.7 Å². The summed E-state index contributed by atoms with van der Waals surface area (Å²) >= 11 is 1.64. The second kappa shape index (κ2) is 7.25. The standard InChI is InChI=1S/C17H23NO4S/c1-12(22-13-5-7-14(23-3)8-6-13)15(19)18-10-4-9-17(2,11-18)16(20)21/h5-8,12H,4,9-11H2,1-3H3,(H,20,21). The number of hydrogen-bond donors (Lipinski definition) is 1. The van der Waals surface area contributed by atoms with Crippen LogP contribution in [0.5, 0.6) is 5.75 Å². The van der Waals surface area contributed by atoms with E-state index in [0.717, 1.165) is 4.90 Å². The van der Waals surface area contributed by atoms with Gasteiger partial charge in [-0.25, -0.2) is 0 Å². The van der Waals surface area contributed by atoms with Crippen molar-refractivity contribution >= 4 is 23.6 Å². The first-order valence-electron chi connectivity index (χ1n) is 7.68. The van der Waals surface area contributed by atoms with Crippen molar-refractivity contribution in [1.29, 1.82) is 0 Å². The van der Waals surface area contributed by atoms with Crippen molar-refractivity contribution in [2.24, 2.45) is 5.41 Å². The second-order valence-electron chi connectivity index (χ2n) is 6.16. The number of carboxylic acids is 1. The third-order valence-corrected chi connectivity index (χ3v) is 4.99. The van der Waals surface area contributed by atoms with Crippen molar-refractivity contribution in [3.05, 3.63) is 24.3 Å². The first-order valence-corrected chi connectivity index (χ1v) is 8.91. The number of amides is 1. The molecule has 2 unspecified atom stereocenters. The van der Waals surface area contributed by atoms with Gasteiger partial charge in [-0.1, -0.05) is 0 Å². The number of carbonyl (C=O) groups is 2. The highest BCUT2D eigenvalue weighted by Crippen LogP contribution is 2.30. The van der Waals surface area contributed by atoms with Gasteiger partial charge >= 0.3 is 5.97 Å². The molecule has 6 heteroatoms. The molecule has 126 valence electrons. The van der Waals surface area contributed by atoms with Crippen LogP contribution in [0.15, 0.2) is 29.2 Å². The molecule has 1 aliphatic heterocycles. The Morgan fingerprint density at radius 3 is 2.57 bits per heavy atom. The van der Waals surface area contributed by atoms with Gasteiger partial charge in [0.25, 0.3) is 5.91 Å². The Bertz CT molecular complexity index is 574. The minimum absolute atomic E-state index is 0.161. The van der Waals surface area contributed by atoms with Crippen LogP contribution >= 0.6 is 11.8 Å². The summed E-state index contributed by atoms with van der Waals surface area (Å²) in [6, 6.07) is 7.57. The summed E-state index contributed by atoms with van der Waals surface area (Å²) in [6.07, 6.45) is 2.66. The molecule has 0 aliphatic carbocycles. The number of nitrogens with zero attached hydrogens (tertiary/aromatic N) is 1. The molecule has 2 rings (SSSR count). The molecule has 1 aromatic rings. The molecule has 1 amide bonds. The van der Waals surface area contributed by atoms with Gasteiger partial charge < -0.3 is 14.7 Å². The van der Waals surface area contributed by atoms with Gasteiger partial charge in [0.2, 0.25) is 0 Å². The number of ether oxygens (including phenoxy) is 1. The quantitative estimate of drug-likeness (QED) is 0.837. The average molecular weight is 337 g/mol. The van der Waals surface area contributed by atoms with Crippen molar-refractivity contribution < 1.29 is 19.4 Å². The molecule has 0 aromatic heterocycles. The molecule has 23 heavy (non-hydrogen) atoms. The van der Waals surface area contributed by atoms with E-state index in [1.165, 1.54) is 0 Å². The number of thioether (sulfide) groups is 1. The van der Waals surface area contributed by atoms with E-state index in [1.54, 1.807) is 30.5 Å². The summed E-state index contributed by atoms with van der Waals surface area (Å²) in [4.78, 5) is 26.7. The van der Waals surface area contributed by atoms with Crippen LogP contribution in [0.25, 0.3) is 0 Å². The van der Waals surface area contributed by atoms with Gasteiger partial charge in [0.15, 0.2) is 6.10 Å². The van der Waals surface area contributed by atoms with Crippen LogP contribution in [0.3, 0.4) is 0 Å². The highest BCUT2D eigenvalue weighted by atomic mass is 32.2. The molecule has 1 aliphatic rings. The molecule has 1 N–H and O–H groups in total. The SMILES string of the molecule is CSc1ccc(OC(C)C(=O)N2CCCC(C)(C(=O)O)C2)cc1. The molecular weight excluding hydrogens is 314 g/mol. The lowest BCUT2D eigenvalue weighted by atomic mass is 9.82. The van der Waals surface area contributed by atoms with Gasteiger partial charge in [-0.05, 0) is 57.2 Å². The van der Waals surface area contributed by atoms with E-state index in [-0.39, 0.29) is 12.5 Å². The lowest BCUT2D eigenvalue weighted by molar-refractivity contribution is -0.155. The number of carbonyl (C=O) groups excluding carboxylic acids is 1. The van der Waals surface area contributed by atoms with E-state index in [2.05, 4.69) is 0 Å². The van der Waals surface area contributed by atoms with Crippen LogP contribution in [0.1, 0.15) is 26.7 Å². The summed E-state index contributed by atoms with van der Waals surface area (Å²) in [6.45, 7) is 4.22. The summed E-state index contributed by atoms with van der Waals surface area (Å²) in [5.41, 5.74) is -0.867. The smallest absolute Gasteiger partial charge is 0.311 e. The van der Waals surface area contributed by atoms with Crippen LogP contribution in [0.4, 0.5) is 0 Å². The highest BCUT2D eigenvalue weighted by Gasteiger charge is 2.40. The maximum atomic E-state index is 12.5. The zero-order valence-electron chi connectivity index (χ0n) is 13.7. The lowest BCUT2D eigenvalue weighted by Crippen LogP contribution is -2.51. The minimum Gasteiger partial charge on any atom is -0.481 e. The Hall–Kier alpha value is -1.69. The molecule has 1 aromatic carbocycles. The third kappa shape index (κ3) is 4.19. The van der Waals surface area contributed by atoms with Gasteiger partial charge in [-0.3, -0.25) is 9.59 Å². The fraction of sp³-hybridized carbons (Fsp3) is 0.529. The normalized spacial score (nSPS) is 22.5. The van der Waals surface area contributed by atoms with Crippen LogP contribution in [-0.2, 0) is 9.59 Å². The Morgan fingerprint density at radius 1 is 1.35 bits per heavy atom. The maximum absolute atomic E-state index is 12.5. The highest BCUT2D eigenvalue weighted by molar-refractivity contribution is 7.98. The van der Waals surface area contributed by atoms with E-state index in [1.807, 2.05) is 30.5 Å². The van der Waals surface area contributed by atoms with E-state index in [4.69, 9.17) is 4.74 Å². The van der Waals surface area contributed by atoms with Crippen LogP contribution in [0, 0.1) is 5.41 Å². The number of rotatable bonds is 5. The fourth-order valence-corrected chi connectivity index (χ4v) is 3.18. The summed E-state index contributed by atoms with van der Waals surface area (Å²) in [5.74, 6) is -0.371. The minimum atomic E-state index is -0.867. The number of piperidine rings is 1. The summed E-state index contributed by atoms with van der Waals surface area (Å²) < 4.78 is 5.71. The summed E-state index contributed by atoms with van der Waals surface area (Å²) in [5, 5.41) is 9.35. The number of likely N-dealkylation sites (tertiary alicyclic amines) is 1. The zero-order chi connectivity index (χ0) is 17.0.